The number of rotatable bonds is 8. The van der Waals surface area contributed by atoms with Crippen LogP contribution >= 0.6 is 0 Å². The van der Waals surface area contributed by atoms with E-state index in [2.05, 4.69) is 4.90 Å². The Balaban J connectivity index is 1.48. The summed E-state index contributed by atoms with van der Waals surface area (Å²) in [4.78, 5) is 2.12. The minimum atomic E-state index is -3.57. The van der Waals surface area contributed by atoms with E-state index in [0.717, 1.165) is 37.9 Å². The fourth-order valence-electron chi connectivity index (χ4n) is 4.01. The summed E-state index contributed by atoms with van der Waals surface area (Å²) in [6.45, 7) is 3.51. The van der Waals surface area contributed by atoms with E-state index < -0.39 is 10.0 Å². The van der Waals surface area contributed by atoms with Gasteiger partial charge in [0.05, 0.1) is 12.6 Å². The van der Waals surface area contributed by atoms with Crippen LogP contribution in [0.3, 0.4) is 0 Å². The van der Waals surface area contributed by atoms with E-state index >= 15 is 0 Å². The summed E-state index contributed by atoms with van der Waals surface area (Å²) in [5, 5.41) is -0.00257. The first-order valence-corrected chi connectivity index (χ1v) is 11.6. The zero-order valence-electron chi connectivity index (χ0n) is 16.4. The SMILES string of the molecule is O=S(=O)(c1ccc(CN(Cc2cccc(F)c2)CC2CCCO2)o1)N1CCCC1. The van der Waals surface area contributed by atoms with Gasteiger partial charge in [0.25, 0.3) is 10.0 Å². The molecular formula is C21H27FN2O4S. The van der Waals surface area contributed by atoms with Crippen LogP contribution in [0.1, 0.15) is 37.0 Å². The summed E-state index contributed by atoms with van der Waals surface area (Å²) >= 11 is 0. The van der Waals surface area contributed by atoms with Crippen molar-refractivity contribution in [3.8, 4) is 0 Å². The third-order valence-electron chi connectivity index (χ3n) is 5.46. The highest BCUT2D eigenvalue weighted by Crippen LogP contribution is 2.24. The van der Waals surface area contributed by atoms with E-state index in [1.165, 1.54) is 22.5 Å². The van der Waals surface area contributed by atoms with Crippen LogP contribution in [0.25, 0.3) is 0 Å². The van der Waals surface area contributed by atoms with Gasteiger partial charge in [-0.1, -0.05) is 12.1 Å². The van der Waals surface area contributed by atoms with Crippen LogP contribution in [0.4, 0.5) is 4.39 Å². The van der Waals surface area contributed by atoms with Crippen molar-refractivity contribution in [1.29, 1.82) is 0 Å². The minimum absolute atomic E-state index is 0.00257. The quantitative estimate of drug-likeness (QED) is 0.653. The fraction of sp³-hybridized carbons (Fsp3) is 0.524. The Morgan fingerprint density at radius 1 is 1.10 bits per heavy atom. The van der Waals surface area contributed by atoms with Gasteiger partial charge in [-0.3, -0.25) is 4.90 Å². The van der Waals surface area contributed by atoms with E-state index in [1.807, 2.05) is 6.07 Å². The third kappa shape index (κ3) is 5.06. The summed E-state index contributed by atoms with van der Waals surface area (Å²) < 4.78 is 52.0. The molecule has 0 aliphatic carbocycles. The molecule has 2 aromatic rings. The topological polar surface area (TPSA) is 63.0 Å². The van der Waals surface area contributed by atoms with Crippen LogP contribution < -0.4 is 0 Å². The van der Waals surface area contributed by atoms with Gasteiger partial charge in [-0.05, 0) is 55.5 Å². The summed E-state index contributed by atoms with van der Waals surface area (Å²) in [7, 11) is -3.57. The molecule has 3 heterocycles. The van der Waals surface area contributed by atoms with Crippen molar-refractivity contribution in [2.45, 2.75) is 50.0 Å². The van der Waals surface area contributed by atoms with Gasteiger partial charge in [-0.2, -0.15) is 4.31 Å². The molecule has 2 fully saturated rings. The Morgan fingerprint density at radius 2 is 1.93 bits per heavy atom. The number of hydrogen-bond donors (Lipinski definition) is 0. The van der Waals surface area contributed by atoms with Crippen LogP contribution in [0, 0.1) is 5.82 Å². The van der Waals surface area contributed by atoms with Crippen molar-refractivity contribution < 1.29 is 22.0 Å². The highest BCUT2D eigenvalue weighted by Gasteiger charge is 2.30. The number of furan rings is 1. The lowest BCUT2D eigenvalue weighted by molar-refractivity contribution is 0.0650. The Bertz CT molecular complexity index is 918. The molecule has 2 aliphatic rings. The first-order chi connectivity index (χ1) is 14.0. The van der Waals surface area contributed by atoms with Gasteiger partial charge in [0.2, 0.25) is 5.09 Å². The van der Waals surface area contributed by atoms with Crippen molar-refractivity contribution in [3.05, 3.63) is 53.5 Å². The fourth-order valence-corrected chi connectivity index (χ4v) is 5.46. The number of sulfonamides is 1. The maximum atomic E-state index is 13.6. The van der Waals surface area contributed by atoms with Crippen LogP contribution in [-0.4, -0.2) is 50.0 Å². The molecule has 0 saturated carbocycles. The highest BCUT2D eigenvalue weighted by molar-refractivity contribution is 7.89. The van der Waals surface area contributed by atoms with Crippen molar-refractivity contribution in [2.24, 2.45) is 0 Å². The molecule has 8 heteroatoms. The lowest BCUT2D eigenvalue weighted by atomic mass is 10.1. The predicted octanol–water partition coefficient (Wildman–Crippen LogP) is 3.38. The number of hydrogen-bond acceptors (Lipinski definition) is 5. The van der Waals surface area contributed by atoms with E-state index in [1.54, 1.807) is 12.1 Å². The van der Waals surface area contributed by atoms with Gasteiger partial charge < -0.3 is 9.15 Å². The molecule has 0 bridgehead atoms. The smallest absolute Gasteiger partial charge is 0.276 e. The van der Waals surface area contributed by atoms with Gasteiger partial charge in [-0.25, -0.2) is 12.8 Å². The lowest BCUT2D eigenvalue weighted by Gasteiger charge is -2.24. The van der Waals surface area contributed by atoms with Crippen molar-refractivity contribution >= 4 is 10.0 Å². The Morgan fingerprint density at radius 3 is 2.66 bits per heavy atom. The van der Waals surface area contributed by atoms with Crippen molar-refractivity contribution in [1.82, 2.24) is 9.21 Å². The largest absolute Gasteiger partial charge is 0.447 e. The summed E-state index contributed by atoms with van der Waals surface area (Å²) in [6, 6.07) is 9.79. The summed E-state index contributed by atoms with van der Waals surface area (Å²) in [6.07, 6.45) is 3.93. The lowest BCUT2D eigenvalue weighted by Crippen LogP contribution is -2.31. The first kappa shape index (κ1) is 20.5. The molecule has 29 heavy (non-hydrogen) atoms. The first-order valence-electron chi connectivity index (χ1n) is 10.2. The Labute approximate surface area is 171 Å². The molecule has 1 aromatic heterocycles. The molecule has 1 aromatic carbocycles. The second kappa shape index (κ2) is 8.95. The predicted molar refractivity (Wildman–Crippen MR) is 106 cm³/mol. The zero-order chi connectivity index (χ0) is 20.3. The molecule has 158 valence electrons. The van der Waals surface area contributed by atoms with Gasteiger partial charge in [0.1, 0.15) is 11.6 Å². The standard InChI is InChI=1S/C21H27FN2O4S/c22-18-6-3-5-17(13-18)14-23(15-19-7-4-12-27-19)16-20-8-9-21(28-20)29(25,26)24-10-1-2-11-24/h3,5-6,8-9,13,19H,1-2,4,7,10-12,14-16H2. The second-order valence-electron chi connectivity index (χ2n) is 7.77. The number of halogens is 1. The van der Waals surface area contributed by atoms with Crippen molar-refractivity contribution in [3.63, 3.8) is 0 Å². The van der Waals surface area contributed by atoms with Crippen molar-refractivity contribution in [2.75, 3.05) is 26.2 Å². The van der Waals surface area contributed by atoms with E-state index in [4.69, 9.17) is 9.15 Å². The molecular weight excluding hydrogens is 395 g/mol. The summed E-state index contributed by atoms with van der Waals surface area (Å²) in [5.41, 5.74) is 0.861. The normalized spacial score (nSPS) is 20.7. The molecule has 1 atom stereocenters. The van der Waals surface area contributed by atoms with Gasteiger partial charge in [0.15, 0.2) is 0 Å². The van der Waals surface area contributed by atoms with Crippen LogP contribution in [0.2, 0.25) is 0 Å². The number of benzene rings is 1. The third-order valence-corrected chi connectivity index (χ3v) is 7.23. The van der Waals surface area contributed by atoms with Crippen LogP contribution in [0.15, 0.2) is 45.9 Å². The Kier molecular flexibility index (Phi) is 6.34. The maximum Gasteiger partial charge on any atom is 0.276 e. The van der Waals surface area contributed by atoms with Gasteiger partial charge in [0, 0.05) is 32.8 Å². The molecule has 0 N–H and O–H groups in total. The second-order valence-corrected chi connectivity index (χ2v) is 9.64. The van der Waals surface area contributed by atoms with Crippen LogP contribution in [-0.2, 0) is 27.8 Å². The molecule has 2 aliphatic heterocycles. The highest BCUT2D eigenvalue weighted by atomic mass is 32.2. The van der Waals surface area contributed by atoms with E-state index in [9.17, 15) is 12.8 Å². The number of ether oxygens (including phenoxy) is 1. The maximum absolute atomic E-state index is 13.6. The average Bonchev–Trinajstić information content (AvgIpc) is 3.45. The molecule has 0 radical (unpaired) electrons. The van der Waals surface area contributed by atoms with E-state index in [-0.39, 0.29) is 17.0 Å². The monoisotopic (exact) mass is 422 g/mol. The summed E-state index contributed by atoms with van der Waals surface area (Å²) in [5.74, 6) is 0.314. The molecule has 2 saturated heterocycles. The molecule has 6 nitrogen and oxygen atoms in total. The minimum Gasteiger partial charge on any atom is -0.447 e. The van der Waals surface area contributed by atoms with Gasteiger partial charge in [-0.15, -0.1) is 0 Å². The van der Waals surface area contributed by atoms with E-state index in [0.29, 0.717) is 38.5 Å². The zero-order valence-corrected chi connectivity index (χ0v) is 17.2. The molecule has 0 spiro atoms. The average molecular weight is 423 g/mol. The molecule has 1 unspecified atom stereocenters. The molecule has 0 amide bonds. The van der Waals surface area contributed by atoms with Gasteiger partial charge >= 0.3 is 0 Å². The molecule has 4 rings (SSSR count). The number of nitrogens with zero attached hydrogens (tertiary/aromatic N) is 2. The Hall–Kier alpha value is -1.74. The van der Waals surface area contributed by atoms with Crippen LogP contribution in [0.5, 0.6) is 0 Å².